The van der Waals surface area contributed by atoms with Crippen molar-refractivity contribution < 1.29 is 23.5 Å². The Morgan fingerprint density at radius 1 is 1.07 bits per heavy atom. The van der Waals surface area contributed by atoms with E-state index in [0.717, 1.165) is 10.1 Å². The molecular formula is C21H21FN2O4S. The van der Waals surface area contributed by atoms with Crippen molar-refractivity contribution in [3.05, 3.63) is 53.2 Å². The first-order chi connectivity index (χ1) is 13.9. The van der Waals surface area contributed by atoms with Crippen molar-refractivity contribution in [2.24, 2.45) is 5.92 Å². The van der Waals surface area contributed by atoms with E-state index in [0.29, 0.717) is 28.6 Å². The summed E-state index contributed by atoms with van der Waals surface area (Å²) >= 11 is 1.28. The number of benzene rings is 2. The molecule has 1 aromatic heterocycles. The van der Waals surface area contributed by atoms with Crippen LogP contribution >= 0.6 is 11.3 Å². The summed E-state index contributed by atoms with van der Waals surface area (Å²) in [4.78, 5) is 24.8. The molecule has 0 aliphatic carbocycles. The standard InChI is InChI=1S/C21H21FN2O4S/c1-12(2)11-28-18-16-10-15(8-9-17(16)29-19(18)20(25)27-3)24-21(26)23-14-6-4-13(22)5-7-14/h4-10,12H,11H2,1-3H3,(H2,23,24,26). The van der Waals surface area contributed by atoms with E-state index >= 15 is 0 Å². The zero-order valence-corrected chi connectivity index (χ0v) is 17.1. The number of nitrogens with one attached hydrogen (secondary N) is 2. The number of methoxy groups -OCH3 is 1. The second kappa shape index (κ2) is 8.91. The number of carbonyl (C=O) groups is 2. The first-order valence-corrected chi connectivity index (χ1v) is 9.80. The fourth-order valence-corrected chi connectivity index (χ4v) is 3.65. The van der Waals surface area contributed by atoms with Crippen molar-refractivity contribution in [1.82, 2.24) is 0 Å². The van der Waals surface area contributed by atoms with Crippen molar-refractivity contribution in [3.63, 3.8) is 0 Å². The molecule has 0 spiro atoms. The van der Waals surface area contributed by atoms with E-state index in [1.54, 1.807) is 12.1 Å². The predicted molar refractivity (Wildman–Crippen MR) is 113 cm³/mol. The lowest BCUT2D eigenvalue weighted by Gasteiger charge is -2.11. The molecule has 29 heavy (non-hydrogen) atoms. The van der Waals surface area contributed by atoms with E-state index in [1.165, 1.54) is 42.7 Å². The van der Waals surface area contributed by atoms with Crippen LogP contribution in [0.25, 0.3) is 10.1 Å². The summed E-state index contributed by atoms with van der Waals surface area (Å²) < 4.78 is 24.6. The van der Waals surface area contributed by atoms with Crippen LogP contribution in [0, 0.1) is 11.7 Å². The van der Waals surface area contributed by atoms with E-state index in [-0.39, 0.29) is 11.7 Å². The molecule has 152 valence electrons. The van der Waals surface area contributed by atoms with Crippen LogP contribution in [0.1, 0.15) is 23.5 Å². The number of hydrogen-bond donors (Lipinski definition) is 2. The SMILES string of the molecule is COC(=O)c1sc2ccc(NC(=O)Nc3ccc(F)cc3)cc2c1OCC(C)C. The van der Waals surface area contributed by atoms with Gasteiger partial charge in [-0.2, -0.15) is 0 Å². The normalized spacial score (nSPS) is 10.8. The molecule has 0 aliphatic heterocycles. The Kier molecular flexibility index (Phi) is 6.33. The molecule has 3 rings (SSSR count). The van der Waals surface area contributed by atoms with Crippen molar-refractivity contribution >= 4 is 44.8 Å². The third-order valence-corrected chi connectivity index (χ3v) is 5.07. The van der Waals surface area contributed by atoms with Gasteiger partial charge in [0.05, 0.1) is 13.7 Å². The Labute approximate surface area is 171 Å². The molecule has 0 aliphatic rings. The fourth-order valence-electron chi connectivity index (χ4n) is 2.60. The van der Waals surface area contributed by atoms with Crippen molar-refractivity contribution in [2.75, 3.05) is 24.4 Å². The topological polar surface area (TPSA) is 76.7 Å². The largest absolute Gasteiger partial charge is 0.491 e. The number of carbonyl (C=O) groups excluding carboxylic acids is 2. The number of halogens is 1. The highest BCUT2D eigenvalue weighted by atomic mass is 32.1. The van der Waals surface area contributed by atoms with Crippen LogP contribution < -0.4 is 15.4 Å². The highest BCUT2D eigenvalue weighted by Gasteiger charge is 2.21. The van der Waals surface area contributed by atoms with Crippen molar-refractivity contribution in [1.29, 1.82) is 0 Å². The molecule has 2 N–H and O–H groups in total. The van der Waals surface area contributed by atoms with Crippen LogP contribution in [0.15, 0.2) is 42.5 Å². The quantitative estimate of drug-likeness (QED) is 0.520. The number of hydrogen-bond acceptors (Lipinski definition) is 5. The van der Waals surface area contributed by atoms with Gasteiger partial charge in [-0.3, -0.25) is 0 Å². The zero-order chi connectivity index (χ0) is 21.0. The van der Waals surface area contributed by atoms with Gasteiger partial charge in [0.25, 0.3) is 0 Å². The van der Waals surface area contributed by atoms with E-state index < -0.39 is 12.0 Å². The summed E-state index contributed by atoms with van der Waals surface area (Å²) in [5.74, 6) is -0.117. The number of rotatable bonds is 6. The predicted octanol–water partition coefficient (Wildman–Crippen LogP) is 5.51. The summed E-state index contributed by atoms with van der Waals surface area (Å²) in [7, 11) is 1.33. The Morgan fingerprint density at radius 2 is 1.72 bits per heavy atom. The average Bonchev–Trinajstić information content (AvgIpc) is 3.05. The molecular weight excluding hydrogens is 395 g/mol. The minimum atomic E-state index is -0.468. The summed E-state index contributed by atoms with van der Waals surface area (Å²) in [5.41, 5.74) is 0.996. The lowest BCUT2D eigenvalue weighted by Crippen LogP contribution is -2.19. The minimum Gasteiger partial charge on any atom is -0.491 e. The first kappa shape index (κ1) is 20.6. The fraction of sp³-hybridized carbons (Fsp3) is 0.238. The molecule has 0 atom stereocenters. The third kappa shape index (κ3) is 5.03. The molecule has 0 saturated carbocycles. The number of ether oxygens (including phenoxy) is 2. The van der Waals surface area contributed by atoms with Crippen LogP contribution in [0.4, 0.5) is 20.6 Å². The summed E-state index contributed by atoms with van der Waals surface area (Å²) in [6.45, 7) is 4.47. The van der Waals surface area contributed by atoms with E-state index in [4.69, 9.17) is 9.47 Å². The molecule has 0 fully saturated rings. The molecule has 3 aromatic rings. The Hall–Kier alpha value is -3.13. The van der Waals surface area contributed by atoms with Gasteiger partial charge < -0.3 is 20.1 Å². The van der Waals surface area contributed by atoms with Crippen molar-refractivity contribution in [3.8, 4) is 5.75 Å². The van der Waals surface area contributed by atoms with Gasteiger partial charge in [-0.25, -0.2) is 14.0 Å². The molecule has 8 heteroatoms. The molecule has 6 nitrogen and oxygen atoms in total. The van der Waals surface area contributed by atoms with Gasteiger partial charge in [0, 0.05) is 21.5 Å². The highest BCUT2D eigenvalue weighted by Crippen LogP contribution is 2.40. The lowest BCUT2D eigenvalue weighted by atomic mass is 10.2. The number of esters is 1. The Morgan fingerprint density at radius 3 is 2.38 bits per heavy atom. The number of amides is 2. The molecule has 2 amide bonds. The van der Waals surface area contributed by atoms with Gasteiger partial charge in [0.15, 0.2) is 10.6 Å². The summed E-state index contributed by atoms with van der Waals surface area (Å²) in [6, 6.07) is 10.3. The highest BCUT2D eigenvalue weighted by molar-refractivity contribution is 7.21. The molecule has 0 radical (unpaired) electrons. The first-order valence-electron chi connectivity index (χ1n) is 8.98. The number of urea groups is 1. The van der Waals surface area contributed by atoms with E-state index in [1.807, 2.05) is 19.9 Å². The number of thiophene rings is 1. The van der Waals surface area contributed by atoms with Crippen LogP contribution in [0.2, 0.25) is 0 Å². The number of anilines is 2. The van der Waals surface area contributed by atoms with Gasteiger partial charge in [-0.15, -0.1) is 11.3 Å². The maximum atomic E-state index is 13.0. The maximum absolute atomic E-state index is 13.0. The van der Waals surface area contributed by atoms with Gasteiger partial charge in [-0.1, -0.05) is 13.8 Å². The lowest BCUT2D eigenvalue weighted by molar-refractivity contribution is 0.0601. The van der Waals surface area contributed by atoms with Crippen molar-refractivity contribution in [2.45, 2.75) is 13.8 Å². The number of fused-ring (bicyclic) bond motifs is 1. The summed E-state index contributed by atoms with van der Waals surface area (Å²) in [6.07, 6.45) is 0. The molecule has 0 saturated heterocycles. The molecule has 0 bridgehead atoms. The minimum absolute atomic E-state index is 0.276. The zero-order valence-electron chi connectivity index (χ0n) is 16.2. The molecule has 2 aromatic carbocycles. The van der Waals surface area contributed by atoms with Gasteiger partial charge in [0.1, 0.15) is 5.82 Å². The van der Waals surface area contributed by atoms with Gasteiger partial charge in [0.2, 0.25) is 0 Å². The second-order valence-corrected chi connectivity index (χ2v) is 7.81. The van der Waals surface area contributed by atoms with Gasteiger partial charge >= 0.3 is 12.0 Å². The smallest absolute Gasteiger partial charge is 0.351 e. The van der Waals surface area contributed by atoms with Crippen LogP contribution in [-0.4, -0.2) is 25.7 Å². The summed E-state index contributed by atoms with van der Waals surface area (Å²) in [5, 5.41) is 6.08. The maximum Gasteiger partial charge on any atom is 0.351 e. The van der Waals surface area contributed by atoms with Crippen LogP contribution in [0.3, 0.4) is 0 Å². The van der Waals surface area contributed by atoms with Gasteiger partial charge in [-0.05, 0) is 48.4 Å². The van der Waals surface area contributed by atoms with Crippen LogP contribution in [-0.2, 0) is 4.74 Å². The molecule has 1 heterocycles. The average molecular weight is 416 g/mol. The molecule has 0 unspecified atom stereocenters. The Bertz CT molecular complexity index is 1030. The second-order valence-electron chi connectivity index (χ2n) is 6.75. The third-order valence-electron chi connectivity index (χ3n) is 3.93. The van der Waals surface area contributed by atoms with Crippen LogP contribution in [0.5, 0.6) is 5.75 Å². The van der Waals surface area contributed by atoms with E-state index in [2.05, 4.69) is 10.6 Å². The monoisotopic (exact) mass is 416 g/mol. The Balaban J connectivity index is 1.85. The van der Waals surface area contributed by atoms with E-state index in [9.17, 15) is 14.0 Å².